The Morgan fingerprint density at radius 2 is 0.424 bits per heavy atom. The second kappa shape index (κ2) is 50.9. The Bertz CT molecular complexity index is 2850. The molecule has 9 aromatic rings. The third-order valence-corrected chi connectivity index (χ3v) is 11.8. The van der Waals surface area contributed by atoms with Gasteiger partial charge >= 0.3 is 0 Å². The van der Waals surface area contributed by atoms with Crippen molar-refractivity contribution in [3.05, 3.63) is 347 Å². The zero-order chi connectivity index (χ0) is 59.3. The number of rotatable bonds is 14. The molecule has 0 spiro atoms. The number of anilines is 2. The van der Waals surface area contributed by atoms with E-state index in [9.17, 15) is 0 Å². The number of nitrogens with zero attached hydrogens (tertiary/aromatic N) is 1. The van der Waals surface area contributed by atoms with Crippen LogP contribution in [0.5, 0.6) is 0 Å². The second-order valence-electron chi connectivity index (χ2n) is 16.7. The summed E-state index contributed by atoms with van der Waals surface area (Å²) in [6.07, 6.45) is 19.4. The first-order valence-electron chi connectivity index (χ1n) is 29.6. The monoisotopic (exact) mass is 1130 g/mol. The van der Waals surface area contributed by atoms with E-state index in [-0.39, 0.29) is 29.7 Å². The van der Waals surface area contributed by atoms with E-state index < -0.39 is 0 Å². The number of benzene rings is 9. The van der Waals surface area contributed by atoms with Crippen molar-refractivity contribution < 1.29 is 0 Å². The molecule has 0 aliphatic carbocycles. The quantitative estimate of drug-likeness (QED) is 0.0981. The van der Waals surface area contributed by atoms with E-state index in [0.29, 0.717) is 0 Å². The van der Waals surface area contributed by atoms with Crippen LogP contribution in [0.25, 0.3) is 34.9 Å². The van der Waals surface area contributed by atoms with Gasteiger partial charge in [-0.15, -0.1) is 0 Å². The fraction of sp³-hybridized carbons (Fsp3) is 0.214. The van der Waals surface area contributed by atoms with Crippen molar-refractivity contribution in [3.63, 3.8) is 0 Å². The summed E-state index contributed by atoms with van der Waals surface area (Å²) in [4.78, 5) is 2.21. The molecule has 0 aromatic heterocycles. The largest absolute Gasteiger partial charge is 0.345 e. The zero-order valence-corrected chi connectivity index (χ0v) is 51.4. The van der Waals surface area contributed by atoms with Crippen molar-refractivity contribution in [2.75, 3.05) is 11.9 Å². The Hall–Kier alpha value is -8.78. The summed E-state index contributed by atoms with van der Waals surface area (Å²) in [5.41, 5.74) is 18.0. The fourth-order valence-corrected chi connectivity index (χ4v) is 7.99. The Morgan fingerprint density at radius 3 is 0.612 bits per heavy atom. The summed E-state index contributed by atoms with van der Waals surface area (Å²) < 4.78 is 0. The molecule has 0 atom stereocenters. The van der Waals surface area contributed by atoms with Gasteiger partial charge < -0.3 is 4.90 Å². The van der Waals surface area contributed by atoms with Gasteiger partial charge in [0, 0.05) is 18.4 Å². The highest BCUT2D eigenvalue weighted by molar-refractivity contribution is 5.83. The molecule has 9 rings (SSSR count). The molecule has 0 fully saturated rings. The molecule has 0 bridgehead atoms. The summed E-state index contributed by atoms with van der Waals surface area (Å²) in [6, 6.07) is 89.1. The Morgan fingerprint density at radius 1 is 0.247 bits per heavy atom. The lowest BCUT2D eigenvalue weighted by molar-refractivity contribution is 1.21. The van der Waals surface area contributed by atoms with Crippen LogP contribution >= 0.6 is 0 Å². The van der Waals surface area contributed by atoms with Gasteiger partial charge in [0.25, 0.3) is 0 Å². The maximum atomic E-state index is 2.21. The first-order valence-corrected chi connectivity index (χ1v) is 29.6. The first-order chi connectivity index (χ1) is 40.1. The molecular formula is C84H109N. The summed E-state index contributed by atoms with van der Waals surface area (Å²) >= 11 is 0. The highest BCUT2D eigenvalue weighted by atomic mass is 15.1. The lowest BCUT2D eigenvalue weighted by atomic mass is 9.97. The van der Waals surface area contributed by atoms with E-state index in [0.717, 1.165) is 22.5 Å². The van der Waals surface area contributed by atoms with Gasteiger partial charge in [-0.2, -0.15) is 0 Å². The van der Waals surface area contributed by atoms with Gasteiger partial charge in [0.05, 0.1) is 0 Å². The molecule has 1 nitrogen and oxygen atoms in total. The van der Waals surface area contributed by atoms with Gasteiger partial charge in [-0.05, 0) is 98.0 Å². The Kier molecular flexibility index (Phi) is 48.2. The van der Waals surface area contributed by atoms with E-state index in [1.807, 2.05) is 95.2 Å². The fourth-order valence-electron chi connectivity index (χ4n) is 7.99. The van der Waals surface area contributed by atoms with Crippen molar-refractivity contribution in [3.8, 4) is 0 Å². The van der Waals surface area contributed by atoms with Gasteiger partial charge in [-0.1, -0.05) is 404 Å². The molecule has 0 radical (unpaired) electrons. The smallest absolute Gasteiger partial charge is 0.0408 e. The molecule has 0 aliphatic rings. The minimum absolute atomic E-state index is 0. The van der Waals surface area contributed by atoms with Crippen LogP contribution in [0, 0.1) is 6.92 Å². The Balaban J connectivity index is -0.00000146. The maximum Gasteiger partial charge on any atom is 0.0408 e. The lowest BCUT2D eigenvalue weighted by Crippen LogP contribution is -2.08. The normalized spacial score (nSPS) is 9.25. The molecule has 9 aromatic carbocycles. The SMILES string of the molecule is C.C.C.C.CC.CC.CC.CC.CC.CC.CN(c1ccc(C=CC=C(c2ccccc2)c2ccccc2)cc1)c1ccc(C=CC=C(c2ccccc2)c2ccccc2)cc1.Cc1ccc(C=CC=C(c2ccccc2)c2ccccc2)cc1. The second-order valence-corrected chi connectivity index (χ2v) is 16.7. The summed E-state index contributed by atoms with van der Waals surface area (Å²) in [5.74, 6) is 0. The standard InChI is InChI=1S/C45H37N.C23H20.6C2H6.4CH4/c1-46(42-32-28-36(29-33-42)16-14-26-44(38-18-6-2-7-19-38)39-20-8-3-9-21-39)43-34-30-37(31-35-43)17-15-27-45(40-22-10-4-11-23-40)41-24-12-5-13-25-41;1-19-15-17-20(18-16-19)9-8-14-23(21-10-4-2-5-11-21)22-12-6-3-7-13-22;6*1-2;;;;/h2-35H,1H3;2-18H,1H3;6*1-2H3;4*1H4. The van der Waals surface area contributed by atoms with Crippen molar-refractivity contribution in [2.45, 2.75) is 120 Å². The van der Waals surface area contributed by atoms with Crippen molar-refractivity contribution in [1.82, 2.24) is 0 Å². The van der Waals surface area contributed by atoms with E-state index in [1.165, 1.54) is 61.2 Å². The van der Waals surface area contributed by atoms with Crippen LogP contribution in [0.15, 0.2) is 291 Å². The molecular weight excluding hydrogens is 1020 g/mol. The number of allylic oxidation sites excluding steroid dienone is 6. The van der Waals surface area contributed by atoms with Crippen LogP contribution in [0.2, 0.25) is 0 Å². The molecule has 450 valence electrons. The molecule has 0 saturated carbocycles. The van der Waals surface area contributed by atoms with Crippen LogP contribution in [0.3, 0.4) is 0 Å². The van der Waals surface area contributed by atoms with E-state index in [1.54, 1.807) is 0 Å². The molecule has 0 heterocycles. The van der Waals surface area contributed by atoms with Crippen LogP contribution < -0.4 is 4.90 Å². The van der Waals surface area contributed by atoms with Crippen molar-refractivity contribution >= 4 is 46.3 Å². The van der Waals surface area contributed by atoms with E-state index >= 15 is 0 Å². The van der Waals surface area contributed by atoms with E-state index in [2.05, 4.69) is 316 Å². The third kappa shape index (κ3) is 28.4. The van der Waals surface area contributed by atoms with Gasteiger partial charge in [-0.3, -0.25) is 0 Å². The summed E-state index contributed by atoms with van der Waals surface area (Å²) in [7, 11) is 2.11. The number of hydrogen-bond acceptors (Lipinski definition) is 1. The Labute approximate surface area is 522 Å². The topological polar surface area (TPSA) is 3.24 Å². The minimum atomic E-state index is 0. The molecule has 0 amide bonds. The molecule has 0 N–H and O–H groups in total. The highest BCUT2D eigenvalue weighted by Gasteiger charge is 2.07. The van der Waals surface area contributed by atoms with Gasteiger partial charge in [0.2, 0.25) is 0 Å². The van der Waals surface area contributed by atoms with Crippen LogP contribution in [-0.4, -0.2) is 7.05 Å². The highest BCUT2D eigenvalue weighted by Crippen LogP contribution is 2.28. The van der Waals surface area contributed by atoms with Crippen LogP contribution in [0.4, 0.5) is 11.4 Å². The predicted octanol–water partition coefficient (Wildman–Crippen LogP) is 26.6. The minimum Gasteiger partial charge on any atom is -0.345 e. The average Bonchev–Trinajstić information content (AvgIpc) is 3.71. The van der Waals surface area contributed by atoms with Crippen molar-refractivity contribution in [2.24, 2.45) is 0 Å². The zero-order valence-electron chi connectivity index (χ0n) is 51.4. The molecule has 0 saturated heterocycles. The lowest BCUT2D eigenvalue weighted by Gasteiger charge is -2.19. The first kappa shape index (κ1) is 80.4. The van der Waals surface area contributed by atoms with Crippen molar-refractivity contribution in [1.29, 1.82) is 0 Å². The number of hydrogen-bond donors (Lipinski definition) is 0. The van der Waals surface area contributed by atoms with E-state index in [4.69, 9.17) is 0 Å². The van der Waals surface area contributed by atoms with Crippen LogP contribution in [-0.2, 0) is 0 Å². The summed E-state index contributed by atoms with van der Waals surface area (Å²) in [6.45, 7) is 26.1. The molecule has 0 aliphatic heterocycles. The third-order valence-electron chi connectivity index (χ3n) is 11.8. The maximum absolute atomic E-state index is 2.21. The summed E-state index contributed by atoms with van der Waals surface area (Å²) in [5, 5.41) is 0. The molecule has 1 heteroatoms. The van der Waals surface area contributed by atoms with Crippen LogP contribution in [0.1, 0.15) is 168 Å². The average molecular weight is 1130 g/mol. The molecule has 0 unspecified atom stereocenters. The predicted molar refractivity (Wildman–Crippen MR) is 394 cm³/mol. The van der Waals surface area contributed by atoms with Gasteiger partial charge in [0.1, 0.15) is 0 Å². The van der Waals surface area contributed by atoms with Gasteiger partial charge in [0.15, 0.2) is 0 Å². The number of aryl methyl sites for hydroxylation is 1. The molecule has 85 heavy (non-hydrogen) atoms. The van der Waals surface area contributed by atoms with Gasteiger partial charge in [-0.25, -0.2) is 0 Å².